The van der Waals surface area contributed by atoms with Crippen molar-refractivity contribution in [3.63, 3.8) is 0 Å². The van der Waals surface area contributed by atoms with Crippen LogP contribution in [0.5, 0.6) is 0 Å². The first kappa shape index (κ1) is 39.2. The second-order valence-corrected chi connectivity index (χ2v) is 13.8. The molecule has 4 heterocycles. The molecule has 0 radical (unpaired) electrons. The van der Waals surface area contributed by atoms with Gasteiger partial charge in [0.2, 0.25) is 17.6 Å². The predicted octanol–water partition coefficient (Wildman–Crippen LogP) is -1.87. The molecular weight excluding hydrogens is 660 g/mol. The lowest BCUT2D eigenvalue weighted by Gasteiger charge is -2.37. The molecule has 3 aliphatic rings. The molecule has 16 heteroatoms. The van der Waals surface area contributed by atoms with Crippen molar-refractivity contribution in [2.24, 2.45) is 5.73 Å². The average Bonchev–Trinajstić information content (AvgIpc) is 3.17. The molecule has 0 unspecified atom stereocenters. The molecule has 1 aromatic heterocycles. The Morgan fingerprint density at radius 3 is 1.46 bits per heavy atom. The number of nitrogens with zero attached hydrogens (tertiary/aromatic N) is 4. The maximum Gasteiger partial charge on any atom is 0.220 e. The Labute approximate surface area is 306 Å². The normalized spacial score (nSPS) is 22.2. The van der Waals surface area contributed by atoms with Crippen LogP contribution in [0.1, 0.15) is 36.0 Å². The van der Waals surface area contributed by atoms with E-state index in [1.54, 1.807) is 0 Å². The smallest absolute Gasteiger partial charge is 0.220 e. The summed E-state index contributed by atoms with van der Waals surface area (Å²) in [6.07, 6.45) is 2.33. The van der Waals surface area contributed by atoms with E-state index >= 15 is 0 Å². The molecule has 2 bridgehead atoms. The summed E-state index contributed by atoms with van der Waals surface area (Å²) in [7, 11) is 0. The second kappa shape index (κ2) is 20.9. The first-order valence-corrected chi connectivity index (χ1v) is 18.4. The van der Waals surface area contributed by atoms with E-state index in [1.807, 2.05) is 24.3 Å². The van der Waals surface area contributed by atoms with E-state index in [2.05, 4.69) is 92.5 Å². The van der Waals surface area contributed by atoms with Crippen LogP contribution in [0.3, 0.4) is 0 Å². The molecular formula is C36H56N14O2. The number of nitrogens with two attached hydrogens (primary N) is 1. The number of carbonyl (C=O) groups is 2. The average molecular weight is 717 g/mol. The lowest BCUT2D eigenvalue weighted by Crippen LogP contribution is -2.66. The molecule has 3 aromatic rings. The van der Waals surface area contributed by atoms with Crippen molar-refractivity contribution in [1.82, 2.24) is 68.2 Å². The highest BCUT2D eigenvalue weighted by Crippen LogP contribution is 2.14. The first-order chi connectivity index (χ1) is 25.4. The molecule has 3 fully saturated rings. The Hall–Kier alpha value is -4.00. The van der Waals surface area contributed by atoms with E-state index in [4.69, 9.17) is 5.73 Å². The second-order valence-electron chi connectivity index (χ2n) is 13.8. The zero-order valence-corrected chi connectivity index (χ0v) is 30.1. The Morgan fingerprint density at radius 1 is 0.596 bits per heavy atom. The van der Waals surface area contributed by atoms with E-state index in [9.17, 15) is 9.59 Å². The summed E-state index contributed by atoms with van der Waals surface area (Å²) < 4.78 is 0. The minimum atomic E-state index is -0.339. The fraction of sp³-hybridized carbons (Fsp3) is 0.556. The number of nitrogens with one attached hydrogen (secondary N) is 9. The van der Waals surface area contributed by atoms with Crippen LogP contribution in [0.2, 0.25) is 0 Å². The van der Waals surface area contributed by atoms with Gasteiger partial charge in [-0.05, 0) is 23.1 Å². The van der Waals surface area contributed by atoms with Crippen LogP contribution in [-0.2, 0) is 29.2 Å². The van der Waals surface area contributed by atoms with Crippen molar-refractivity contribution in [2.45, 2.75) is 50.0 Å². The Bertz CT molecular complexity index is 1450. The van der Waals surface area contributed by atoms with Gasteiger partial charge in [-0.2, -0.15) is 0 Å². The molecule has 52 heavy (non-hydrogen) atoms. The molecule has 6 rings (SSSR count). The minimum absolute atomic E-state index is 0.0709. The molecule has 2 amide bonds. The molecule has 0 aliphatic carbocycles. The van der Waals surface area contributed by atoms with Crippen molar-refractivity contribution in [2.75, 3.05) is 78.5 Å². The zero-order valence-electron chi connectivity index (χ0n) is 30.1. The van der Waals surface area contributed by atoms with Crippen molar-refractivity contribution in [1.29, 1.82) is 0 Å². The van der Waals surface area contributed by atoms with Crippen LogP contribution in [0.15, 0.2) is 54.9 Å². The molecule has 0 atom stereocenters. The van der Waals surface area contributed by atoms with Crippen LogP contribution in [0.25, 0.3) is 11.4 Å². The van der Waals surface area contributed by atoms with Crippen LogP contribution in [0, 0.1) is 0 Å². The summed E-state index contributed by atoms with van der Waals surface area (Å²) in [4.78, 5) is 24.9. The van der Waals surface area contributed by atoms with E-state index < -0.39 is 0 Å². The van der Waals surface area contributed by atoms with E-state index in [-0.39, 0.29) is 35.7 Å². The van der Waals surface area contributed by atoms with Crippen molar-refractivity contribution in [3.05, 3.63) is 71.5 Å². The number of benzene rings is 2. The summed E-state index contributed by atoms with van der Waals surface area (Å²) in [5.41, 5.74) is 10.1. The van der Waals surface area contributed by atoms with Crippen LogP contribution in [-0.4, -0.2) is 122 Å². The van der Waals surface area contributed by atoms with Crippen LogP contribution < -0.4 is 53.6 Å². The van der Waals surface area contributed by atoms with Gasteiger partial charge in [0.1, 0.15) is 0 Å². The molecule has 282 valence electrons. The van der Waals surface area contributed by atoms with Gasteiger partial charge in [0.05, 0.1) is 11.1 Å². The Balaban J connectivity index is 1.02. The molecule has 3 saturated heterocycles. The number of hydrogen-bond donors (Lipinski definition) is 10. The van der Waals surface area contributed by atoms with Crippen LogP contribution in [0.4, 0.5) is 0 Å². The summed E-state index contributed by atoms with van der Waals surface area (Å²) in [6, 6.07) is 15.9. The minimum Gasteiger partial charge on any atom is -0.352 e. The standard InChI is InChI=1S/C36H56N14O2/c37-35-21-38-12-15-41-24-36(25-42-16-13-39-22-35,26-43-17-14-40-23-35)46-20-30-6-4-28(5-7-30)18-44-32(51)2-1-3-33(52)45-19-29-8-10-31(11-9-29)34-49-47-27-48-50-34/h4-11,27,38-43,46H,1-3,12-26,37H2,(H,44,51)(H,45,52). The quantitative estimate of drug-likeness (QED) is 0.0993. The van der Waals surface area contributed by atoms with Gasteiger partial charge in [-0.3, -0.25) is 9.59 Å². The van der Waals surface area contributed by atoms with Crippen molar-refractivity contribution < 1.29 is 9.59 Å². The van der Waals surface area contributed by atoms with Gasteiger partial charge in [-0.15, -0.1) is 20.4 Å². The highest BCUT2D eigenvalue weighted by atomic mass is 16.2. The molecule has 11 N–H and O–H groups in total. The van der Waals surface area contributed by atoms with Gasteiger partial charge >= 0.3 is 0 Å². The third kappa shape index (κ3) is 13.5. The predicted molar refractivity (Wildman–Crippen MR) is 201 cm³/mol. The van der Waals surface area contributed by atoms with Gasteiger partial charge < -0.3 is 53.6 Å². The zero-order chi connectivity index (χ0) is 36.3. The third-order valence-corrected chi connectivity index (χ3v) is 9.35. The van der Waals surface area contributed by atoms with Gasteiger partial charge in [0, 0.05) is 117 Å². The van der Waals surface area contributed by atoms with Crippen molar-refractivity contribution >= 4 is 11.8 Å². The van der Waals surface area contributed by atoms with Gasteiger partial charge in [-0.25, -0.2) is 0 Å². The monoisotopic (exact) mass is 716 g/mol. The summed E-state index contributed by atoms with van der Waals surface area (Å²) in [5.74, 6) is 0.283. The van der Waals surface area contributed by atoms with Gasteiger partial charge in [0.15, 0.2) is 6.33 Å². The van der Waals surface area contributed by atoms with Gasteiger partial charge in [0.25, 0.3) is 0 Å². The molecule has 3 aliphatic heterocycles. The van der Waals surface area contributed by atoms with E-state index in [0.717, 1.165) is 95.2 Å². The van der Waals surface area contributed by atoms with E-state index in [0.29, 0.717) is 31.9 Å². The molecule has 0 saturated carbocycles. The number of hydrogen-bond acceptors (Lipinski definition) is 14. The van der Waals surface area contributed by atoms with E-state index in [1.165, 1.54) is 11.9 Å². The van der Waals surface area contributed by atoms with Crippen LogP contribution >= 0.6 is 0 Å². The first-order valence-electron chi connectivity index (χ1n) is 18.4. The fourth-order valence-corrected chi connectivity index (χ4v) is 6.23. The summed E-state index contributed by atoms with van der Waals surface area (Å²) in [6.45, 7) is 11.3. The fourth-order valence-electron chi connectivity index (χ4n) is 6.23. The summed E-state index contributed by atoms with van der Waals surface area (Å²) >= 11 is 0. The highest BCUT2D eigenvalue weighted by Gasteiger charge is 2.30. The molecule has 0 spiro atoms. The summed E-state index contributed by atoms with van der Waals surface area (Å²) in [5, 5.41) is 46.8. The Kier molecular flexibility index (Phi) is 15.8. The topological polar surface area (TPSA) is 220 Å². The van der Waals surface area contributed by atoms with Crippen molar-refractivity contribution in [3.8, 4) is 11.4 Å². The SMILES string of the molecule is NC12CNCCNCC(NCc3ccc(CNC(=O)CCCC(=O)NCc4ccc(-c5nncnn5)cc4)cc3)(CNCCNC1)CNCCNC2. The number of fused-ring (bicyclic) bond motifs is 15. The lowest BCUT2D eigenvalue weighted by atomic mass is 9.97. The third-order valence-electron chi connectivity index (χ3n) is 9.35. The lowest BCUT2D eigenvalue weighted by molar-refractivity contribution is -0.122. The molecule has 16 nitrogen and oxygen atoms in total. The molecule has 2 aromatic carbocycles. The number of carbonyl (C=O) groups excluding carboxylic acids is 2. The number of amides is 2. The maximum absolute atomic E-state index is 12.5. The maximum atomic E-state index is 12.5. The number of aromatic nitrogens is 4. The largest absolute Gasteiger partial charge is 0.352 e. The number of rotatable bonds is 12. The van der Waals surface area contributed by atoms with Gasteiger partial charge in [-0.1, -0.05) is 48.5 Å². The highest BCUT2D eigenvalue weighted by molar-refractivity contribution is 5.78. The Morgan fingerprint density at radius 2 is 1.00 bits per heavy atom.